The molecule has 0 radical (unpaired) electrons. The molecule has 2 aliphatic heterocycles. The van der Waals surface area contributed by atoms with Gasteiger partial charge in [-0.2, -0.15) is 0 Å². The highest BCUT2D eigenvalue weighted by Crippen LogP contribution is 2.58. The number of ether oxygens (including phenoxy) is 3. The molecule has 2 aliphatic rings. The average molecular weight is 759 g/mol. The van der Waals surface area contributed by atoms with Crippen molar-refractivity contribution < 1.29 is 88.6 Å². The summed E-state index contributed by atoms with van der Waals surface area (Å²) in [5.41, 5.74) is -27.1. The first-order chi connectivity index (χ1) is 23.7. The van der Waals surface area contributed by atoms with Crippen LogP contribution in [0.4, 0.5) is 0 Å². The maximum atomic E-state index is 13.8. The molecule has 0 aliphatic carbocycles. The number of carbonyl (C=O) groups is 7. The molecule has 2 saturated heterocycles. The van der Waals surface area contributed by atoms with Gasteiger partial charge in [0.1, 0.15) is 41.7 Å². The molecule has 2 fully saturated rings. The summed E-state index contributed by atoms with van der Waals surface area (Å²) in [6, 6.07) is 5.55. The Labute approximate surface area is 300 Å². The molecule has 52 heavy (non-hydrogen) atoms. The van der Waals surface area contributed by atoms with Crippen molar-refractivity contribution in [3.63, 3.8) is 0 Å². The van der Waals surface area contributed by atoms with Crippen molar-refractivity contribution in [3.05, 3.63) is 24.3 Å². The molecule has 3 rings (SSSR count). The third kappa shape index (κ3) is 5.53. The fourth-order valence-corrected chi connectivity index (χ4v) is 8.37. The van der Waals surface area contributed by atoms with E-state index in [1.54, 1.807) is 0 Å². The van der Waals surface area contributed by atoms with Crippen molar-refractivity contribution in [2.45, 2.75) is 123 Å². The van der Waals surface area contributed by atoms with Crippen molar-refractivity contribution in [1.29, 1.82) is 0 Å². The van der Waals surface area contributed by atoms with Crippen molar-refractivity contribution in [3.8, 4) is 5.75 Å². The Balaban J connectivity index is 2.63. The van der Waals surface area contributed by atoms with E-state index in [9.17, 15) is 74.4 Å². The predicted octanol–water partition coefficient (Wildman–Crippen LogP) is -3.49. The number of benzene rings is 1. The average Bonchev–Trinajstić information content (AvgIpc) is 3.06. The summed E-state index contributed by atoms with van der Waals surface area (Å²) in [5, 5.41) is 96.3. The molecule has 8 N–H and O–H groups in total. The SMILES string of the molecule is COc1ccc(S[C@@H]2O[C@H](C(O)C(C)=O)[C@](O)([C@@H]3O[C@H](C(O)C(C)=O)[C@](O)(C(C)=O)[C@@](O)(C(C)=O)[C@]3(O)C(C)=O)[C@@](O)(C(C)=O)[C@]2(O)C(C)=O)cc1. The van der Waals surface area contributed by atoms with E-state index in [2.05, 4.69) is 0 Å². The molecule has 0 amide bonds. The zero-order valence-corrected chi connectivity index (χ0v) is 30.2. The number of Topliss-reactive ketones (excluding diaryl/α,β-unsaturated/α-hetero) is 7. The van der Waals surface area contributed by atoms with Gasteiger partial charge in [0.05, 0.1) is 7.11 Å². The Morgan fingerprint density at radius 2 is 1.04 bits per heavy atom. The van der Waals surface area contributed by atoms with Gasteiger partial charge in [-0.15, -0.1) is 0 Å². The smallest absolute Gasteiger partial charge is 0.199 e. The van der Waals surface area contributed by atoms with Crippen LogP contribution >= 0.6 is 11.8 Å². The van der Waals surface area contributed by atoms with Gasteiger partial charge >= 0.3 is 0 Å². The number of aliphatic hydroxyl groups excluding tert-OH is 2. The maximum Gasteiger partial charge on any atom is 0.199 e. The third-order valence-corrected chi connectivity index (χ3v) is 11.3. The minimum absolute atomic E-state index is 0.120. The summed E-state index contributed by atoms with van der Waals surface area (Å²) in [6.45, 7) is 3.82. The Hall–Kier alpha value is -3.34. The molecule has 2 unspecified atom stereocenters. The first-order valence-electron chi connectivity index (χ1n) is 15.5. The molecule has 0 bridgehead atoms. The lowest BCUT2D eigenvalue weighted by molar-refractivity contribution is -0.401. The van der Waals surface area contributed by atoms with Gasteiger partial charge in [-0.25, -0.2) is 0 Å². The fraction of sp³-hybridized carbons (Fsp3) is 0.606. The first kappa shape index (κ1) is 43.1. The van der Waals surface area contributed by atoms with Crippen LogP contribution in [0.15, 0.2) is 29.2 Å². The second-order valence-electron chi connectivity index (χ2n) is 13.1. The Morgan fingerprint density at radius 1 is 0.615 bits per heavy atom. The number of thioether (sulfide) groups is 1. The number of carbonyl (C=O) groups excluding carboxylic acids is 7. The molecule has 2 heterocycles. The molecule has 288 valence electrons. The van der Waals surface area contributed by atoms with Crippen LogP contribution in [0.2, 0.25) is 0 Å². The highest BCUT2D eigenvalue weighted by Gasteiger charge is 2.88. The molecule has 0 aromatic heterocycles. The van der Waals surface area contributed by atoms with Gasteiger partial charge in [0.2, 0.25) is 0 Å². The zero-order valence-electron chi connectivity index (χ0n) is 29.3. The second-order valence-corrected chi connectivity index (χ2v) is 14.2. The maximum absolute atomic E-state index is 13.8. The second kappa shape index (κ2) is 14.1. The van der Waals surface area contributed by atoms with E-state index in [1.807, 2.05) is 0 Å². The van der Waals surface area contributed by atoms with E-state index in [4.69, 9.17) is 14.2 Å². The molecular formula is C33H42O18S. The van der Waals surface area contributed by atoms with Gasteiger partial charge in [-0.3, -0.25) is 33.6 Å². The normalized spacial score (nSPS) is 38.8. The molecule has 19 heteroatoms. The zero-order chi connectivity index (χ0) is 40.3. The lowest BCUT2D eigenvalue weighted by atomic mass is 9.51. The van der Waals surface area contributed by atoms with Crippen molar-refractivity contribution in [2.75, 3.05) is 7.11 Å². The van der Waals surface area contributed by atoms with E-state index >= 15 is 0 Å². The van der Waals surface area contributed by atoms with Crippen molar-refractivity contribution >= 4 is 52.2 Å². The molecular weight excluding hydrogens is 716 g/mol. The highest BCUT2D eigenvalue weighted by atomic mass is 32.2. The number of aliphatic hydroxyl groups is 8. The van der Waals surface area contributed by atoms with Crippen LogP contribution in [0, 0.1) is 0 Å². The van der Waals surface area contributed by atoms with E-state index in [0.29, 0.717) is 66.0 Å². The minimum Gasteiger partial charge on any atom is -0.497 e. The van der Waals surface area contributed by atoms with Gasteiger partial charge in [0, 0.05) is 4.90 Å². The first-order valence-corrected chi connectivity index (χ1v) is 16.4. The van der Waals surface area contributed by atoms with Gasteiger partial charge < -0.3 is 55.1 Å². The standard InChI is InChI=1S/C33H42O18S/c1-13(34)22(41)24-28(43,15(3)36)32(47,18(6)39)29(44,16(4)37)26(50-24)31(46)25(23(42)14(2)35)51-27(52-21-11-9-20(49-8)10-12-21)30(45,17(5)38)33(31,48)19(7)40/h9-12,22-27,41-48H,1-8H3/t22?,23?,24-,25-,26-,27+,28-,29+,30+,31+,32+,33-/m1/s1. The van der Waals surface area contributed by atoms with Gasteiger partial charge in [0.25, 0.3) is 0 Å². The molecule has 18 nitrogen and oxygen atoms in total. The van der Waals surface area contributed by atoms with Crippen LogP contribution in [-0.4, -0.2) is 158 Å². The van der Waals surface area contributed by atoms with E-state index in [-0.39, 0.29) is 4.90 Å². The van der Waals surface area contributed by atoms with Crippen LogP contribution in [0.5, 0.6) is 5.75 Å². The molecule has 0 saturated carbocycles. The summed E-state index contributed by atoms with van der Waals surface area (Å²) in [7, 11) is 1.35. The summed E-state index contributed by atoms with van der Waals surface area (Å²) >= 11 is 0.405. The monoisotopic (exact) mass is 758 g/mol. The van der Waals surface area contributed by atoms with Gasteiger partial charge in [-0.1, -0.05) is 11.8 Å². The van der Waals surface area contributed by atoms with E-state index < -0.39 is 110 Å². The summed E-state index contributed by atoms with van der Waals surface area (Å²) in [6.07, 6.45) is -14.9. The van der Waals surface area contributed by atoms with E-state index in [1.165, 1.54) is 31.4 Å². The molecule has 1 aromatic carbocycles. The number of hydrogen-bond donors (Lipinski definition) is 8. The Kier molecular flexibility index (Phi) is 11.7. The number of hydrogen-bond acceptors (Lipinski definition) is 19. The number of methoxy groups -OCH3 is 1. The van der Waals surface area contributed by atoms with Crippen LogP contribution in [0.1, 0.15) is 48.5 Å². The Morgan fingerprint density at radius 3 is 1.40 bits per heavy atom. The molecule has 0 spiro atoms. The summed E-state index contributed by atoms with van der Waals surface area (Å²) in [5.74, 6) is -11.1. The van der Waals surface area contributed by atoms with Crippen LogP contribution in [-0.2, 0) is 43.0 Å². The molecule has 1 aromatic rings. The van der Waals surface area contributed by atoms with Crippen molar-refractivity contribution in [1.82, 2.24) is 0 Å². The van der Waals surface area contributed by atoms with E-state index in [0.717, 1.165) is 0 Å². The van der Waals surface area contributed by atoms with Crippen molar-refractivity contribution in [2.24, 2.45) is 0 Å². The van der Waals surface area contributed by atoms with Gasteiger partial charge in [0.15, 0.2) is 74.1 Å². The Bertz CT molecular complexity index is 1680. The summed E-state index contributed by atoms with van der Waals surface area (Å²) in [4.78, 5) is 93.0. The quantitative estimate of drug-likeness (QED) is 0.0968. The van der Waals surface area contributed by atoms with Crippen LogP contribution in [0.25, 0.3) is 0 Å². The lowest BCUT2D eigenvalue weighted by Crippen LogP contribution is -2.95. The van der Waals surface area contributed by atoms with Crippen LogP contribution < -0.4 is 4.74 Å². The number of rotatable bonds is 13. The summed E-state index contributed by atoms with van der Waals surface area (Å²) < 4.78 is 16.5. The predicted molar refractivity (Wildman–Crippen MR) is 173 cm³/mol. The highest BCUT2D eigenvalue weighted by molar-refractivity contribution is 8.00. The van der Waals surface area contributed by atoms with Gasteiger partial charge in [-0.05, 0) is 72.7 Å². The molecule has 12 atom stereocenters. The lowest BCUT2D eigenvalue weighted by Gasteiger charge is -2.66. The topological polar surface area (TPSA) is 309 Å². The third-order valence-electron chi connectivity index (χ3n) is 10.1. The fourth-order valence-electron chi connectivity index (χ4n) is 7.15. The minimum atomic E-state index is -4.30. The van der Waals surface area contributed by atoms with Crippen LogP contribution in [0.3, 0.4) is 0 Å². The number of ketones is 7. The largest absolute Gasteiger partial charge is 0.497 e.